The standard InChI is InChI=1S/C42H36N8O4/c51-39-33-13-15-35-38-36(42(54)50(41(35)53)24-22-48(27-31-11-3-7-19-45-31)28-32-12-4-8-20-46-32)16-14-34(37(33)38)40(52)49(39)23-21-47(25-29-9-1-5-17-43-29)26-30-10-2-6-18-44-30/h1-20H,21-28H2. The summed E-state index contributed by atoms with van der Waals surface area (Å²) in [5.41, 5.74) is 4.57. The second-order valence-electron chi connectivity index (χ2n) is 13.3. The molecule has 0 unspecified atom stereocenters. The molecule has 0 saturated carbocycles. The van der Waals surface area contributed by atoms with Crippen LogP contribution in [-0.4, -0.2) is 89.3 Å². The molecular weight excluding hydrogens is 681 g/mol. The molecule has 54 heavy (non-hydrogen) atoms. The molecule has 0 saturated heterocycles. The number of aromatic nitrogens is 4. The molecule has 12 nitrogen and oxygen atoms in total. The van der Waals surface area contributed by atoms with Crippen molar-refractivity contribution >= 4 is 34.4 Å². The van der Waals surface area contributed by atoms with Crippen LogP contribution >= 0.6 is 0 Å². The average molecular weight is 717 g/mol. The van der Waals surface area contributed by atoms with E-state index in [0.717, 1.165) is 22.8 Å². The molecule has 2 aromatic carbocycles. The predicted molar refractivity (Wildman–Crippen MR) is 200 cm³/mol. The van der Waals surface area contributed by atoms with E-state index >= 15 is 0 Å². The lowest BCUT2D eigenvalue weighted by atomic mass is 9.86. The summed E-state index contributed by atoms with van der Waals surface area (Å²) < 4.78 is 0. The summed E-state index contributed by atoms with van der Waals surface area (Å²) in [4.78, 5) is 80.7. The number of hydrogen-bond acceptors (Lipinski definition) is 10. The van der Waals surface area contributed by atoms with Crippen LogP contribution in [0.15, 0.2) is 122 Å². The van der Waals surface area contributed by atoms with Gasteiger partial charge >= 0.3 is 0 Å². The Labute approximate surface area is 311 Å². The summed E-state index contributed by atoms with van der Waals surface area (Å²) in [5, 5.41) is 0.701. The van der Waals surface area contributed by atoms with Crippen molar-refractivity contribution in [2.75, 3.05) is 26.2 Å². The summed E-state index contributed by atoms with van der Waals surface area (Å²) in [6.45, 7) is 3.00. The molecular formula is C42H36N8O4. The Morgan fingerprint density at radius 2 is 0.667 bits per heavy atom. The normalized spacial score (nSPS) is 13.8. The SMILES string of the molecule is O=C1c2ccc3c4c(ccc(c24)C(=O)N1CCN(Cc1ccccn1)Cc1ccccn1)C(=O)N(CCN(Cc1ccccn1)Cc1ccccn1)C3=O. The molecule has 0 aliphatic carbocycles. The van der Waals surface area contributed by atoms with Crippen molar-refractivity contribution in [3.63, 3.8) is 0 Å². The molecule has 4 aromatic heterocycles. The van der Waals surface area contributed by atoms with E-state index in [1.165, 1.54) is 9.80 Å². The fourth-order valence-electron chi connectivity index (χ4n) is 7.17. The first kappa shape index (κ1) is 34.6. The predicted octanol–water partition coefficient (Wildman–Crippen LogP) is 5.02. The molecule has 6 aromatic rings. The highest BCUT2D eigenvalue weighted by Crippen LogP contribution is 2.38. The van der Waals surface area contributed by atoms with Gasteiger partial charge in [0, 0.05) is 110 Å². The number of carbonyl (C=O) groups is 4. The van der Waals surface area contributed by atoms with Gasteiger partial charge in [-0.15, -0.1) is 0 Å². The van der Waals surface area contributed by atoms with E-state index in [4.69, 9.17) is 0 Å². The molecule has 268 valence electrons. The second-order valence-corrected chi connectivity index (χ2v) is 13.3. The third-order valence-electron chi connectivity index (χ3n) is 9.79. The van der Waals surface area contributed by atoms with Gasteiger partial charge in [0.15, 0.2) is 0 Å². The molecule has 0 atom stereocenters. The highest BCUT2D eigenvalue weighted by molar-refractivity contribution is 6.33. The molecule has 0 spiro atoms. The quantitative estimate of drug-likeness (QED) is 0.142. The number of benzene rings is 2. The van der Waals surface area contributed by atoms with Crippen molar-refractivity contribution in [3.05, 3.63) is 167 Å². The molecule has 0 fully saturated rings. The lowest BCUT2D eigenvalue weighted by Crippen LogP contribution is -2.46. The Kier molecular flexibility index (Phi) is 9.75. The van der Waals surface area contributed by atoms with E-state index in [1.807, 2.05) is 72.8 Å². The molecule has 6 heterocycles. The lowest BCUT2D eigenvalue weighted by Gasteiger charge is -2.33. The van der Waals surface area contributed by atoms with Crippen molar-refractivity contribution in [1.82, 2.24) is 39.5 Å². The van der Waals surface area contributed by atoms with Gasteiger partial charge < -0.3 is 0 Å². The van der Waals surface area contributed by atoms with Crippen LogP contribution in [0.2, 0.25) is 0 Å². The van der Waals surface area contributed by atoms with Crippen molar-refractivity contribution in [2.24, 2.45) is 0 Å². The smallest absolute Gasteiger partial charge is 0.261 e. The molecule has 12 heteroatoms. The number of pyridine rings is 4. The highest BCUT2D eigenvalue weighted by Gasteiger charge is 2.39. The number of rotatable bonds is 14. The van der Waals surface area contributed by atoms with Crippen LogP contribution in [0.5, 0.6) is 0 Å². The van der Waals surface area contributed by atoms with Gasteiger partial charge in [-0.2, -0.15) is 0 Å². The summed E-state index contributed by atoms with van der Waals surface area (Å²) >= 11 is 0. The zero-order chi connectivity index (χ0) is 37.0. The van der Waals surface area contributed by atoms with Crippen molar-refractivity contribution in [2.45, 2.75) is 26.2 Å². The van der Waals surface area contributed by atoms with Gasteiger partial charge in [0.05, 0.1) is 22.8 Å². The van der Waals surface area contributed by atoms with E-state index in [9.17, 15) is 19.2 Å². The van der Waals surface area contributed by atoms with Gasteiger partial charge in [-0.05, 0) is 72.8 Å². The van der Waals surface area contributed by atoms with Crippen molar-refractivity contribution in [3.8, 4) is 0 Å². The first-order valence-corrected chi connectivity index (χ1v) is 17.8. The fraction of sp³-hybridized carbons (Fsp3) is 0.190. The molecule has 0 bridgehead atoms. The van der Waals surface area contributed by atoms with Crippen LogP contribution in [0, 0.1) is 0 Å². The number of amides is 4. The van der Waals surface area contributed by atoms with Crippen LogP contribution in [0.25, 0.3) is 10.8 Å². The van der Waals surface area contributed by atoms with E-state index in [0.29, 0.717) is 50.0 Å². The Balaban J connectivity index is 1.02. The minimum Gasteiger partial charge on any atom is -0.290 e. The van der Waals surface area contributed by atoms with Crippen LogP contribution in [0.3, 0.4) is 0 Å². The Hall–Kier alpha value is -6.50. The number of nitrogens with zero attached hydrogens (tertiary/aromatic N) is 8. The second kappa shape index (κ2) is 15.2. The van der Waals surface area contributed by atoms with E-state index in [2.05, 4.69) is 29.7 Å². The minimum atomic E-state index is -0.464. The zero-order valence-electron chi connectivity index (χ0n) is 29.4. The maximum absolute atomic E-state index is 14.0. The van der Waals surface area contributed by atoms with Gasteiger partial charge in [0.25, 0.3) is 23.6 Å². The van der Waals surface area contributed by atoms with Crippen LogP contribution < -0.4 is 0 Å². The molecule has 2 aliphatic rings. The minimum absolute atomic E-state index is 0.126. The largest absolute Gasteiger partial charge is 0.290 e. The first-order valence-electron chi connectivity index (χ1n) is 17.8. The maximum atomic E-state index is 14.0. The summed E-state index contributed by atoms with van der Waals surface area (Å²) in [5.74, 6) is -1.86. The van der Waals surface area contributed by atoms with Gasteiger partial charge in [0.2, 0.25) is 0 Å². The van der Waals surface area contributed by atoms with Gasteiger partial charge in [-0.25, -0.2) is 0 Å². The maximum Gasteiger partial charge on any atom is 0.261 e. The van der Waals surface area contributed by atoms with Crippen LogP contribution in [-0.2, 0) is 26.2 Å². The van der Waals surface area contributed by atoms with E-state index in [1.54, 1.807) is 49.1 Å². The summed E-state index contributed by atoms with van der Waals surface area (Å²) in [6.07, 6.45) is 6.94. The Morgan fingerprint density at radius 3 is 0.907 bits per heavy atom. The Bertz CT molecular complexity index is 2020. The molecule has 0 radical (unpaired) electrons. The van der Waals surface area contributed by atoms with Crippen molar-refractivity contribution in [1.29, 1.82) is 0 Å². The Morgan fingerprint density at radius 1 is 0.389 bits per heavy atom. The average Bonchev–Trinajstić information content (AvgIpc) is 3.20. The number of imide groups is 2. The molecule has 0 N–H and O–H groups in total. The van der Waals surface area contributed by atoms with Gasteiger partial charge in [0.1, 0.15) is 0 Å². The van der Waals surface area contributed by atoms with Gasteiger partial charge in [-0.3, -0.25) is 58.7 Å². The first-order chi connectivity index (χ1) is 26.4. The van der Waals surface area contributed by atoms with E-state index < -0.39 is 23.6 Å². The van der Waals surface area contributed by atoms with Crippen molar-refractivity contribution < 1.29 is 19.2 Å². The third-order valence-corrected chi connectivity index (χ3v) is 9.79. The molecule has 4 amide bonds. The van der Waals surface area contributed by atoms with Crippen LogP contribution in [0.4, 0.5) is 0 Å². The monoisotopic (exact) mass is 716 g/mol. The van der Waals surface area contributed by atoms with E-state index in [-0.39, 0.29) is 35.3 Å². The molecule has 2 aliphatic heterocycles. The highest BCUT2D eigenvalue weighted by atomic mass is 16.2. The number of carbonyl (C=O) groups excluding carboxylic acids is 4. The number of hydrogen-bond donors (Lipinski definition) is 0. The lowest BCUT2D eigenvalue weighted by molar-refractivity contribution is 0.0567. The summed E-state index contributed by atoms with van der Waals surface area (Å²) in [7, 11) is 0. The molecule has 8 rings (SSSR count). The fourth-order valence-corrected chi connectivity index (χ4v) is 7.17. The van der Waals surface area contributed by atoms with Gasteiger partial charge in [-0.1, -0.05) is 24.3 Å². The van der Waals surface area contributed by atoms with Crippen LogP contribution in [0.1, 0.15) is 64.2 Å². The third kappa shape index (κ3) is 6.99. The zero-order valence-corrected chi connectivity index (χ0v) is 29.4. The summed E-state index contributed by atoms with van der Waals surface area (Å²) in [6, 6.07) is 29.3. The topological polar surface area (TPSA) is 133 Å².